The monoisotopic (exact) mass is 152 g/mol. The fourth-order valence-electron chi connectivity index (χ4n) is 1.06. The molecule has 0 radical (unpaired) electrons. The van der Waals surface area contributed by atoms with Crippen LogP contribution in [0, 0.1) is 5.92 Å². The molecule has 0 aliphatic carbocycles. The minimum Gasteiger partial charge on any atom is -0.103 e. The van der Waals surface area contributed by atoms with Crippen molar-refractivity contribution in [3.05, 3.63) is 24.3 Å². The molecule has 0 nitrogen and oxygen atoms in total. The summed E-state index contributed by atoms with van der Waals surface area (Å²) in [7, 11) is 0. The summed E-state index contributed by atoms with van der Waals surface area (Å²) in [6, 6.07) is 0. The Balaban J connectivity index is 3.38. The Hall–Kier alpha value is -0.520. The van der Waals surface area contributed by atoms with Gasteiger partial charge in [-0.25, -0.2) is 0 Å². The van der Waals surface area contributed by atoms with Gasteiger partial charge in [-0.1, -0.05) is 24.6 Å². The second-order valence-electron chi connectivity index (χ2n) is 3.49. The zero-order valence-electron chi connectivity index (χ0n) is 8.06. The smallest absolute Gasteiger partial charge is 0.0327 e. The SMILES string of the molecule is C=CC[C@@H](C)CCC=C(C)C. The first-order valence-corrected chi connectivity index (χ1v) is 4.41. The van der Waals surface area contributed by atoms with Gasteiger partial charge in [-0.15, -0.1) is 6.58 Å². The van der Waals surface area contributed by atoms with E-state index in [9.17, 15) is 0 Å². The lowest BCUT2D eigenvalue weighted by molar-refractivity contribution is 0.546. The largest absolute Gasteiger partial charge is 0.103 e. The van der Waals surface area contributed by atoms with E-state index in [1.165, 1.54) is 18.4 Å². The highest BCUT2D eigenvalue weighted by Gasteiger charge is 1.96. The average molecular weight is 152 g/mol. The van der Waals surface area contributed by atoms with Crippen LogP contribution in [0.5, 0.6) is 0 Å². The van der Waals surface area contributed by atoms with Crippen LogP contribution in [-0.4, -0.2) is 0 Å². The van der Waals surface area contributed by atoms with Crippen LogP contribution in [0.1, 0.15) is 40.0 Å². The molecule has 0 rings (SSSR count). The molecule has 0 saturated heterocycles. The summed E-state index contributed by atoms with van der Waals surface area (Å²) in [6.45, 7) is 10.3. The van der Waals surface area contributed by atoms with Gasteiger partial charge < -0.3 is 0 Å². The van der Waals surface area contributed by atoms with Crippen LogP contribution in [0.15, 0.2) is 24.3 Å². The third-order valence-electron chi connectivity index (χ3n) is 1.78. The molecule has 0 bridgehead atoms. The molecule has 0 aromatic heterocycles. The van der Waals surface area contributed by atoms with Crippen LogP contribution in [0.4, 0.5) is 0 Å². The Morgan fingerprint density at radius 2 is 2.09 bits per heavy atom. The molecule has 0 aliphatic rings. The Labute approximate surface area is 71.0 Å². The van der Waals surface area contributed by atoms with E-state index in [2.05, 4.69) is 33.4 Å². The molecule has 0 aliphatic heterocycles. The van der Waals surface area contributed by atoms with Crippen LogP contribution in [0.2, 0.25) is 0 Å². The summed E-state index contributed by atoms with van der Waals surface area (Å²) in [5.74, 6) is 0.795. The Morgan fingerprint density at radius 1 is 1.45 bits per heavy atom. The van der Waals surface area contributed by atoms with Crippen molar-refractivity contribution in [2.45, 2.75) is 40.0 Å². The summed E-state index contributed by atoms with van der Waals surface area (Å²) >= 11 is 0. The van der Waals surface area contributed by atoms with Gasteiger partial charge in [0.2, 0.25) is 0 Å². The summed E-state index contributed by atoms with van der Waals surface area (Å²) in [5.41, 5.74) is 1.43. The van der Waals surface area contributed by atoms with Crippen molar-refractivity contribution in [1.82, 2.24) is 0 Å². The highest BCUT2D eigenvalue weighted by Crippen LogP contribution is 2.11. The summed E-state index contributed by atoms with van der Waals surface area (Å²) in [6.07, 6.45) is 7.97. The normalized spacial score (nSPS) is 12.3. The molecule has 0 unspecified atom stereocenters. The van der Waals surface area contributed by atoms with E-state index in [1.807, 2.05) is 6.08 Å². The van der Waals surface area contributed by atoms with E-state index in [1.54, 1.807) is 0 Å². The minimum atomic E-state index is 0.795. The van der Waals surface area contributed by atoms with Crippen molar-refractivity contribution in [3.8, 4) is 0 Å². The number of allylic oxidation sites excluding steroid dienone is 3. The molecule has 0 saturated carbocycles. The first-order valence-electron chi connectivity index (χ1n) is 4.41. The molecular weight excluding hydrogens is 132 g/mol. The van der Waals surface area contributed by atoms with Crippen molar-refractivity contribution in [1.29, 1.82) is 0 Å². The number of hydrogen-bond donors (Lipinski definition) is 0. The Bertz CT molecular complexity index is 127. The Kier molecular flexibility index (Phi) is 5.91. The van der Waals surface area contributed by atoms with Gasteiger partial charge in [-0.2, -0.15) is 0 Å². The van der Waals surface area contributed by atoms with Crippen LogP contribution in [0.3, 0.4) is 0 Å². The van der Waals surface area contributed by atoms with Crippen LogP contribution >= 0.6 is 0 Å². The van der Waals surface area contributed by atoms with E-state index < -0.39 is 0 Å². The number of rotatable bonds is 5. The van der Waals surface area contributed by atoms with Gasteiger partial charge in [-0.3, -0.25) is 0 Å². The van der Waals surface area contributed by atoms with Crippen LogP contribution in [-0.2, 0) is 0 Å². The zero-order chi connectivity index (χ0) is 8.69. The van der Waals surface area contributed by atoms with Crippen LogP contribution in [0.25, 0.3) is 0 Å². The molecule has 1 atom stereocenters. The highest BCUT2D eigenvalue weighted by molar-refractivity contribution is 4.92. The molecule has 0 heterocycles. The predicted molar refractivity (Wildman–Crippen MR) is 52.6 cm³/mol. The molecule has 64 valence electrons. The van der Waals surface area contributed by atoms with Crippen molar-refractivity contribution >= 4 is 0 Å². The van der Waals surface area contributed by atoms with Crippen molar-refractivity contribution in [2.24, 2.45) is 5.92 Å². The zero-order valence-corrected chi connectivity index (χ0v) is 8.06. The lowest BCUT2D eigenvalue weighted by atomic mass is 10.0. The van der Waals surface area contributed by atoms with E-state index in [4.69, 9.17) is 0 Å². The minimum absolute atomic E-state index is 0.795. The van der Waals surface area contributed by atoms with Gasteiger partial charge >= 0.3 is 0 Å². The Morgan fingerprint density at radius 3 is 2.55 bits per heavy atom. The first kappa shape index (κ1) is 10.5. The highest BCUT2D eigenvalue weighted by atomic mass is 14.0. The molecule has 0 heteroatoms. The maximum atomic E-state index is 3.73. The van der Waals surface area contributed by atoms with Crippen molar-refractivity contribution in [3.63, 3.8) is 0 Å². The molecule has 0 aromatic carbocycles. The van der Waals surface area contributed by atoms with Gasteiger partial charge in [0, 0.05) is 0 Å². The van der Waals surface area contributed by atoms with Crippen LogP contribution < -0.4 is 0 Å². The third-order valence-corrected chi connectivity index (χ3v) is 1.78. The van der Waals surface area contributed by atoms with Crippen molar-refractivity contribution < 1.29 is 0 Å². The molecule has 0 fully saturated rings. The maximum absolute atomic E-state index is 3.73. The van der Waals surface area contributed by atoms with E-state index in [0.717, 1.165) is 12.3 Å². The topological polar surface area (TPSA) is 0 Å². The van der Waals surface area contributed by atoms with Gasteiger partial charge in [-0.05, 0) is 39.0 Å². The quantitative estimate of drug-likeness (QED) is 0.523. The summed E-state index contributed by atoms with van der Waals surface area (Å²) < 4.78 is 0. The first-order chi connectivity index (χ1) is 5.16. The van der Waals surface area contributed by atoms with Crippen molar-refractivity contribution in [2.75, 3.05) is 0 Å². The molecule has 0 spiro atoms. The average Bonchev–Trinajstić information content (AvgIpc) is 1.87. The molecule has 11 heavy (non-hydrogen) atoms. The fourth-order valence-corrected chi connectivity index (χ4v) is 1.06. The second kappa shape index (κ2) is 6.21. The van der Waals surface area contributed by atoms with Gasteiger partial charge in [0.1, 0.15) is 0 Å². The van der Waals surface area contributed by atoms with Gasteiger partial charge in [0.25, 0.3) is 0 Å². The van der Waals surface area contributed by atoms with E-state index >= 15 is 0 Å². The lowest BCUT2D eigenvalue weighted by Gasteiger charge is -2.05. The molecule has 0 amide bonds. The molecular formula is C11H20. The third kappa shape index (κ3) is 7.38. The summed E-state index contributed by atoms with van der Waals surface area (Å²) in [5, 5.41) is 0. The van der Waals surface area contributed by atoms with E-state index in [-0.39, 0.29) is 0 Å². The maximum Gasteiger partial charge on any atom is -0.0327 e. The molecule has 0 aromatic rings. The second-order valence-corrected chi connectivity index (χ2v) is 3.49. The summed E-state index contributed by atoms with van der Waals surface area (Å²) in [4.78, 5) is 0. The fraction of sp³-hybridized carbons (Fsp3) is 0.636. The van der Waals surface area contributed by atoms with E-state index in [0.29, 0.717) is 0 Å². The van der Waals surface area contributed by atoms with Gasteiger partial charge in [0.05, 0.1) is 0 Å². The number of hydrogen-bond acceptors (Lipinski definition) is 0. The van der Waals surface area contributed by atoms with Gasteiger partial charge in [0.15, 0.2) is 0 Å². The standard InChI is InChI=1S/C11H20/c1-5-7-11(4)9-6-8-10(2)3/h5,8,11H,1,6-7,9H2,2-4H3/t11-/m1/s1. The molecule has 0 N–H and O–H groups in total. The predicted octanol–water partition coefficient (Wildman–Crippen LogP) is 3.95. The lowest BCUT2D eigenvalue weighted by Crippen LogP contribution is -1.90.